The number of H-pyrrole nitrogens is 1. The molecule has 3 saturated heterocycles. The van der Waals surface area contributed by atoms with E-state index in [1.807, 2.05) is 19.1 Å². The lowest BCUT2D eigenvalue weighted by atomic mass is 9.62. The molecule has 52 heavy (non-hydrogen) atoms. The van der Waals surface area contributed by atoms with E-state index in [4.69, 9.17) is 19.4 Å². The van der Waals surface area contributed by atoms with Crippen LogP contribution >= 0.6 is 0 Å². The molecule has 0 bridgehead atoms. The van der Waals surface area contributed by atoms with Crippen LogP contribution in [0.3, 0.4) is 0 Å². The van der Waals surface area contributed by atoms with Crippen LogP contribution in [0.2, 0.25) is 0 Å². The second kappa shape index (κ2) is 11.8. The van der Waals surface area contributed by atoms with E-state index in [0.29, 0.717) is 42.9 Å². The second-order valence-corrected chi connectivity index (χ2v) is 16.0. The van der Waals surface area contributed by atoms with E-state index in [9.17, 15) is 22.4 Å². The third-order valence-electron chi connectivity index (χ3n) is 11.9. The number of alkyl halides is 3. The van der Waals surface area contributed by atoms with E-state index in [0.717, 1.165) is 79.2 Å². The van der Waals surface area contributed by atoms with Gasteiger partial charge in [0.15, 0.2) is 18.2 Å². The largest absolute Gasteiger partial charge is 0.481 e. The molecule has 274 valence electrons. The fourth-order valence-electron chi connectivity index (χ4n) is 9.32. The number of aromatic amines is 1. The van der Waals surface area contributed by atoms with Crippen LogP contribution in [0.1, 0.15) is 55.6 Å². The highest BCUT2D eigenvalue weighted by molar-refractivity contribution is 6.06. The molecule has 2 spiro atoms. The monoisotopic (exact) mass is 719 g/mol. The highest BCUT2D eigenvalue weighted by atomic mass is 19.4. The van der Waals surface area contributed by atoms with Crippen molar-refractivity contribution in [1.82, 2.24) is 30.0 Å². The summed E-state index contributed by atoms with van der Waals surface area (Å²) in [6.07, 6.45) is 2.04. The quantitative estimate of drug-likeness (QED) is 0.159. The topological polar surface area (TPSA) is 99.7 Å². The molecule has 3 aliphatic heterocycles. The molecule has 0 unspecified atom stereocenters. The lowest BCUT2D eigenvalue weighted by Gasteiger charge is -2.57. The van der Waals surface area contributed by atoms with Gasteiger partial charge in [-0.3, -0.25) is 9.89 Å². The van der Waals surface area contributed by atoms with Gasteiger partial charge in [-0.15, -0.1) is 0 Å². The van der Waals surface area contributed by atoms with Gasteiger partial charge < -0.3 is 24.2 Å². The zero-order valence-corrected chi connectivity index (χ0v) is 29.3. The van der Waals surface area contributed by atoms with E-state index in [2.05, 4.69) is 39.7 Å². The summed E-state index contributed by atoms with van der Waals surface area (Å²) >= 11 is 0. The van der Waals surface area contributed by atoms with Crippen molar-refractivity contribution in [1.29, 1.82) is 0 Å². The molecular formula is C38H41F4N7O3. The molecule has 5 fully saturated rings. The number of fused-ring (bicyclic) bond motifs is 2. The van der Waals surface area contributed by atoms with Crippen molar-refractivity contribution in [3.63, 3.8) is 0 Å². The summed E-state index contributed by atoms with van der Waals surface area (Å²) in [6.45, 7) is 7.75. The average molecular weight is 720 g/mol. The van der Waals surface area contributed by atoms with Gasteiger partial charge in [0.05, 0.1) is 11.7 Å². The lowest BCUT2D eigenvalue weighted by molar-refractivity contribution is -0.153. The first-order valence-corrected chi connectivity index (χ1v) is 18.0. The van der Waals surface area contributed by atoms with Crippen molar-refractivity contribution in [2.45, 2.75) is 63.6 Å². The van der Waals surface area contributed by atoms with Crippen LogP contribution in [0.5, 0.6) is 11.8 Å². The number of aryl methyl sites for hydroxylation is 1. The van der Waals surface area contributed by atoms with E-state index >= 15 is 0 Å². The first-order chi connectivity index (χ1) is 24.8. The molecule has 2 aromatic heterocycles. The van der Waals surface area contributed by atoms with Crippen LogP contribution in [-0.4, -0.2) is 101 Å². The number of carbonyl (C=O) groups is 1. The first-order valence-electron chi connectivity index (χ1n) is 18.0. The second-order valence-electron chi connectivity index (χ2n) is 16.0. The average Bonchev–Trinajstić information content (AvgIpc) is 3.79. The molecule has 5 heterocycles. The number of anilines is 1. The van der Waals surface area contributed by atoms with Crippen LogP contribution < -0.4 is 14.4 Å². The van der Waals surface area contributed by atoms with Crippen molar-refractivity contribution in [2.75, 3.05) is 57.8 Å². The summed E-state index contributed by atoms with van der Waals surface area (Å²) in [5.41, 5.74) is 4.32. The van der Waals surface area contributed by atoms with E-state index in [-0.39, 0.29) is 40.1 Å². The van der Waals surface area contributed by atoms with Crippen LogP contribution in [0.4, 0.5) is 23.4 Å². The van der Waals surface area contributed by atoms with Crippen molar-refractivity contribution in [2.24, 2.45) is 10.8 Å². The van der Waals surface area contributed by atoms with Gasteiger partial charge in [0.25, 0.3) is 5.91 Å². The van der Waals surface area contributed by atoms with Gasteiger partial charge in [-0.05, 0) is 87.2 Å². The Labute approximate surface area is 298 Å². The third-order valence-corrected chi connectivity index (χ3v) is 11.9. The number of ether oxygens (including phenoxy) is 2. The van der Waals surface area contributed by atoms with E-state index in [1.165, 1.54) is 4.90 Å². The molecule has 4 aromatic rings. The highest BCUT2D eigenvalue weighted by Crippen LogP contribution is 2.54. The Kier molecular flexibility index (Phi) is 7.56. The number of rotatable bonds is 8. The Morgan fingerprint density at radius 3 is 2.42 bits per heavy atom. The predicted octanol–water partition coefficient (Wildman–Crippen LogP) is 6.69. The Morgan fingerprint density at radius 1 is 1.04 bits per heavy atom. The summed E-state index contributed by atoms with van der Waals surface area (Å²) in [7, 11) is 2.10. The maximum Gasteiger partial charge on any atom is 0.422 e. The fraction of sp³-hybridized carbons (Fsp3) is 0.526. The molecule has 10 nitrogen and oxygen atoms in total. The predicted molar refractivity (Wildman–Crippen MR) is 187 cm³/mol. The van der Waals surface area contributed by atoms with Crippen LogP contribution in [0.25, 0.3) is 32.9 Å². The van der Waals surface area contributed by atoms with Crippen molar-refractivity contribution in [3.05, 3.63) is 47.9 Å². The summed E-state index contributed by atoms with van der Waals surface area (Å²) in [5.74, 6) is -0.819. The lowest BCUT2D eigenvalue weighted by Crippen LogP contribution is -2.63. The molecule has 9 rings (SSSR count). The van der Waals surface area contributed by atoms with Gasteiger partial charge in [-0.2, -0.15) is 28.2 Å². The number of amides is 1. The van der Waals surface area contributed by atoms with Crippen molar-refractivity contribution < 1.29 is 31.8 Å². The fourth-order valence-corrected chi connectivity index (χ4v) is 9.32. The number of nitrogens with zero attached hydrogens (tertiary/aromatic N) is 6. The first kappa shape index (κ1) is 33.4. The molecule has 0 atom stereocenters. The van der Waals surface area contributed by atoms with Gasteiger partial charge in [0, 0.05) is 66.4 Å². The van der Waals surface area contributed by atoms with Crippen LogP contribution in [0, 0.1) is 17.8 Å². The number of hydrogen-bond donors (Lipinski definition) is 1. The number of nitrogens with one attached hydrogen (secondary N) is 1. The maximum absolute atomic E-state index is 14.0. The standard InChI is InChI=1S/C38H41F4N7O3/c1-21-4-7-28-27(15-43-46-28)29(21)30-25(23-5-6-23)12-26-31(32(30)51-20-38(40,41)42)44-35(52-24-13-37(14-24)16-47(3)17-37)45-33(26)48-10-8-36(9-11-48)18-49(19-36)34(50)22(2)39/h4,7,12,15,23-24H,2,5-6,8-11,13-14,16-20H2,1,3H3,(H,43,46). The Hall–Kier alpha value is -4.46. The van der Waals surface area contributed by atoms with Gasteiger partial charge in [-0.25, -0.2) is 4.39 Å². The number of benzene rings is 2. The molecular weight excluding hydrogens is 678 g/mol. The number of carbonyl (C=O) groups excluding carboxylic acids is 1. The minimum absolute atomic E-state index is 0.0702. The smallest absolute Gasteiger partial charge is 0.422 e. The van der Waals surface area contributed by atoms with Crippen molar-refractivity contribution in [3.8, 4) is 22.9 Å². The number of hydrogen-bond acceptors (Lipinski definition) is 8. The number of likely N-dealkylation sites (tertiary alicyclic amines) is 2. The van der Waals surface area contributed by atoms with Crippen LogP contribution in [-0.2, 0) is 4.79 Å². The number of piperidine rings is 1. The molecule has 1 amide bonds. The SMILES string of the molecule is C=C(F)C(=O)N1CC2(CCN(c3nc(OC4CC5(C4)CN(C)C5)nc4c(OCC(F)(F)F)c(-c5c(C)ccc6[nH]ncc56)c(C5CC5)cc34)CC2)C1. The van der Waals surface area contributed by atoms with E-state index < -0.39 is 24.5 Å². The zero-order valence-electron chi connectivity index (χ0n) is 29.3. The minimum Gasteiger partial charge on any atom is -0.481 e. The number of aromatic nitrogens is 4. The summed E-state index contributed by atoms with van der Waals surface area (Å²) in [6, 6.07) is 6.04. The van der Waals surface area contributed by atoms with Crippen LogP contribution in [0.15, 0.2) is 36.8 Å². The number of halogens is 4. The molecule has 0 radical (unpaired) electrons. The molecule has 5 aliphatic rings. The normalized spacial score (nSPS) is 21.3. The Morgan fingerprint density at radius 2 is 1.77 bits per heavy atom. The Balaban J connectivity index is 1.16. The molecule has 2 aliphatic carbocycles. The van der Waals surface area contributed by atoms with Gasteiger partial charge in [-0.1, -0.05) is 12.6 Å². The van der Waals surface area contributed by atoms with Gasteiger partial charge >= 0.3 is 12.2 Å². The summed E-state index contributed by atoms with van der Waals surface area (Å²) in [4.78, 5) is 28.0. The summed E-state index contributed by atoms with van der Waals surface area (Å²) in [5, 5.41) is 8.68. The minimum atomic E-state index is -4.59. The molecule has 2 saturated carbocycles. The highest BCUT2D eigenvalue weighted by Gasteiger charge is 2.53. The third kappa shape index (κ3) is 5.73. The van der Waals surface area contributed by atoms with Gasteiger partial charge in [0.1, 0.15) is 17.4 Å². The summed E-state index contributed by atoms with van der Waals surface area (Å²) < 4.78 is 68.0. The van der Waals surface area contributed by atoms with Crippen molar-refractivity contribution >= 4 is 33.5 Å². The zero-order chi connectivity index (χ0) is 36.2. The molecule has 1 N–H and O–H groups in total. The van der Waals surface area contributed by atoms with Gasteiger partial charge in [0.2, 0.25) is 0 Å². The maximum atomic E-state index is 14.0. The molecule has 2 aromatic carbocycles. The Bertz CT molecular complexity index is 2100. The van der Waals surface area contributed by atoms with E-state index in [1.54, 1.807) is 6.20 Å². The molecule has 14 heteroatoms.